The van der Waals surface area contributed by atoms with Crippen molar-refractivity contribution in [2.75, 3.05) is 5.32 Å². The van der Waals surface area contributed by atoms with E-state index in [0.717, 1.165) is 53.9 Å². The van der Waals surface area contributed by atoms with Crippen LogP contribution < -0.4 is 5.32 Å². The van der Waals surface area contributed by atoms with Crippen LogP contribution in [-0.2, 0) is 11.2 Å². The highest BCUT2D eigenvalue weighted by molar-refractivity contribution is 6.18. The molecule has 0 unspecified atom stereocenters. The number of fused-ring (bicyclic) bond motifs is 3. The molecule has 1 amide bonds. The summed E-state index contributed by atoms with van der Waals surface area (Å²) in [6, 6.07) is 9.76. The van der Waals surface area contributed by atoms with Gasteiger partial charge in [-0.25, -0.2) is 4.98 Å². The van der Waals surface area contributed by atoms with Crippen molar-refractivity contribution >= 4 is 17.4 Å². The summed E-state index contributed by atoms with van der Waals surface area (Å²) < 4.78 is 0. The molecular weight excluding hydrogens is 348 g/mol. The minimum atomic E-state index is -0.233. The van der Waals surface area contributed by atoms with Gasteiger partial charge in [0.25, 0.3) is 5.91 Å². The predicted octanol–water partition coefficient (Wildman–Crippen LogP) is 4.42. The van der Waals surface area contributed by atoms with Crippen LogP contribution in [0.5, 0.6) is 0 Å². The molecule has 0 fully saturated rings. The SMILES string of the molecule is Cc1cccc(NC(=O)C2=C3CCCc4cccnc4C3=NC(C)(C)CC2)n1. The summed E-state index contributed by atoms with van der Waals surface area (Å²) in [6.45, 7) is 6.19. The molecule has 2 aromatic rings. The van der Waals surface area contributed by atoms with Crippen LogP contribution in [0.2, 0.25) is 0 Å². The lowest BCUT2D eigenvalue weighted by molar-refractivity contribution is -0.113. The fourth-order valence-electron chi connectivity index (χ4n) is 3.98. The van der Waals surface area contributed by atoms with Crippen molar-refractivity contribution in [1.82, 2.24) is 9.97 Å². The third kappa shape index (κ3) is 3.75. The van der Waals surface area contributed by atoms with Crippen LogP contribution in [0, 0.1) is 6.92 Å². The first kappa shape index (κ1) is 18.5. The highest BCUT2D eigenvalue weighted by atomic mass is 16.1. The molecule has 2 aromatic heterocycles. The van der Waals surface area contributed by atoms with Crippen LogP contribution in [-0.4, -0.2) is 27.1 Å². The molecule has 4 rings (SSSR count). The third-order valence-corrected chi connectivity index (χ3v) is 5.44. The fraction of sp³-hybridized carbons (Fsp3) is 0.391. The number of aromatic nitrogens is 2. The van der Waals surface area contributed by atoms with E-state index < -0.39 is 0 Å². The molecule has 0 aromatic carbocycles. The van der Waals surface area contributed by atoms with Crippen LogP contribution in [0.4, 0.5) is 5.82 Å². The van der Waals surface area contributed by atoms with Gasteiger partial charge < -0.3 is 5.32 Å². The van der Waals surface area contributed by atoms with E-state index in [4.69, 9.17) is 4.99 Å². The molecule has 0 spiro atoms. The molecule has 3 heterocycles. The second-order valence-electron chi connectivity index (χ2n) is 8.21. The zero-order valence-electron chi connectivity index (χ0n) is 16.7. The second-order valence-corrected chi connectivity index (χ2v) is 8.21. The molecule has 0 bridgehead atoms. The van der Waals surface area contributed by atoms with Gasteiger partial charge in [0, 0.05) is 17.5 Å². The van der Waals surface area contributed by atoms with Crippen LogP contribution in [0.1, 0.15) is 56.5 Å². The van der Waals surface area contributed by atoms with E-state index in [2.05, 4.69) is 35.2 Å². The summed E-state index contributed by atoms with van der Waals surface area (Å²) >= 11 is 0. The summed E-state index contributed by atoms with van der Waals surface area (Å²) in [5.41, 5.74) is 5.58. The lowest BCUT2D eigenvalue weighted by atomic mass is 9.93. The molecule has 5 heteroatoms. The molecule has 28 heavy (non-hydrogen) atoms. The Balaban J connectivity index is 1.79. The second kappa shape index (κ2) is 7.30. The molecule has 1 aliphatic heterocycles. The monoisotopic (exact) mass is 374 g/mol. The molecule has 1 N–H and O–H groups in total. The van der Waals surface area contributed by atoms with E-state index in [1.807, 2.05) is 37.4 Å². The van der Waals surface area contributed by atoms with E-state index in [9.17, 15) is 4.79 Å². The number of allylic oxidation sites excluding steroid dienone is 1. The van der Waals surface area contributed by atoms with E-state index in [1.165, 1.54) is 5.56 Å². The van der Waals surface area contributed by atoms with E-state index in [1.54, 1.807) is 0 Å². The Morgan fingerprint density at radius 3 is 2.79 bits per heavy atom. The number of hydrogen-bond donors (Lipinski definition) is 1. The van der Waals surface area contributed by atoms with Gasteiger partial charge in [-0.3, -0.25) is 14.8 Å². The van der Waals surface area contributed by atoms with Gasteiger partial charge in [0.2, 0.25) is 0 Å². The van der Waals surface area contributed by atoms with Crippen molar-refractivity contribution in [3.8, 4) is 0 Å². The lowest BCUT2D eigenvalue weighted by Gasteiger charge is -2.19. The number of aliphatic imine (C=N–C) groups is 1. The van der Waals surface area contributed by atoms with Crippen molar-refractivity contribution in [1.29, 1.82) is 0 Å². The van der Waals surface area contributed by atoms with E-state index >= 15 is 0 Å². The van der Waals surface area contributed by atoms with Crippen molar-refractivity contribution in [2.24, 2.45) is 4.99 Å². The Kier molecular flexibility index (Phi) is 4.84. The van der Waals surface area contributed by atoms with Crippen LogP contribution in [0.25, 0.3) is 0 Å². The fourth-order valence-corrected chi connectivity index (χ4v) is 3.98. The Morgan fingerprint density at radius 1 is 1.11 bits per heavy atom. The van der Waals surface area contributed by atoms with Crippen LogP contribution in [0.15, 0.2) is 52.7 Å². The quantitative estimate of drug-likeness (QED) is 0.846. The lowest BCUT2D eigenvalue weighted by Crippen LogP contribution is -2.19. The molecule has 0 radical (unpaired) electrons. The molecule has 1 aliphatic carbocycles. The van der Waals surface area contributed by atoms with Gasteiger partial charge in [0.15, 0.2) is 0 Å². The van der Waals surface area contributed by atoms with Gasteiger partial charge in [-0.2, -0.15) is 0 Å². The minimum absolute atomic E-state index is 0.0714. The van der Waals surface area contributed by atoms with Crippen molar-refractivity contribution in [2.45, 2.75) is 58.4 Å². The Morgan fingerprint density at radius 2 is 1.96 bits per heavy atom. The van der Waals surface area contributed by atoms with Crippen LogP contribution >= 0.6 is 0 Å². The summed E-state index contributed by atoms with van der Waals surface area (Å²) in [5.74, 6) is 0.519. The summed E-state index contributed by atoms with van der Waals surface area (Å²) in [4.78, 5) is 27.4. The summed E-state index contributed by atoms with van der Waals surface area (Å²) in [5, 5.41) is 3.00. The van der Waals surface area contributed by atoms with Crippen LogP contribution in [0.3, 0.4) is 0 Å². The van der Waals surface area contributed by atoms with Crippen molar-refractivity contribution in [3.63, 3.8) is 0 Å². The standard InChI is InChI=1S/C23H26N4O/c1-15-7-4-11-19(25-15)26-22(28)18-12-13-23(2,3)27-21-17(18)10-5-8-16-9-6-14-24-20(16)21/h4,6-7,9,11,14H,5,8,10,12-13H2,1-3H3,(H,25,26,28). The zero-order valence-corrected chi connectivity index (χ0v) is 16.7. The first-order chi connectivity index (χ1) is 13.4. The smallest absolute Gasteiger partial charge is 0.253 e. The first-order valence-electron chi connectivity index (χ1n) is 9.94. The first-order valence-corrected chi connectivity index (χ1v) is 9.94. The van der Waals surface area contributed by atoms with Gasteiger partial charge in [0.1, 0.15) is 5.82 Å². The highest BCUT2D eigenvalue weighted by Gasteiger charge is 2.31. The number of carbonyl (C=O) groups excluding carboxylic acids is 1. The maximum atomic E-state index is 13.2. The predicted molar refractivity (Wildman–Crippen MR) is 112 cm³/mol. The maximum absolute atomic E-state index is 13.2. The number of amides is 1. The molecule has 2 aliphatic rings. The number of aryl methyl sites for hydroxylation is 2. The summed E-state index contributed by atoms with van der Waals surface area (Å²) in [7, 11) is 0. The average molecular weight is 374 g/mol. The Labute approximate surface area is 166 Å². The van der Waals surface area contributed by atoms with Gasteiger partial charge in [-0.1, -0.05) is 12.1 Å². The number of pyridine rings is 2. The zero-order chi connectivity index (χ0) is 19.7. The minimum Gasteiger partial charge on any atom is -0.307 e. The Bertz CT molecular complexity index is 988. The number of anilines is 1. The van der Waals surface area contributed by atoms with Gasteiger partial charge in [-0.15, -0.1) is 0 Å². The molecular formula is C23H26N4O. The molecule has 144 valence electrons. The molecule has 0 saturated heterocycles. The third-order valence-electron chi connectivity index (χ3n) is 5.44. The number of nitrogens with zero attached hydrogens (tertiary/aromatic N) is 3. The van der Waals surface area contributed by atoms with Gasteiger partial charge in [0.05, 0.1) is 16.9 Å². The maximum Gasteiger partial charge on any atom is 0.253 e. The largest absolute Gasteiger partial charge is 0.307 e. The van der Waals surface area contributed by atoms with E-state index in [-0.39, 0.29) is 11.4 Å². The average Bonchev–Trinajstić information content (AvgIpc) is 2.89. The summed E-state index contributed by atoms with van der Waals surface area (Å²) in [6.07, 6.45) is 6.14. The number of carbonyl (C=O) groups is 1. The number of hydrogen-bond acceptors (Lipinski definition) is 4. The van der Waals surface area contributed by atoms with Gasteiger partial charge in [-0.05, 0) is 82.2 Å². The van der Waals surface area contributed by atoms with Crippen molar-refractivity contribution in [3.05, 3.63) is 64.6 Å². The molecule has 0 saturated carbocycles. The van der Waals surface area contributed by atoms with Gasteiger partial charge >= 0.3 is 0 Å². The number of rotatable bonds is 2. The number of nitrogens with one attached hydrogen (secondary N) is 1. The van der Waals surface area contributed by atoms with Crippen molar-refractivity contribution < 1.29 is 4.79 Å². The Hall–Kier alpha value is -2.82. The molecule has 5 nitrogen and oxygen atoms in total. The van der Waals surface area contributed by atoms with E-state index in [0.29, 0.717) is 12.2 Å². The molecule has 0 atom stereocenters. The highest BCUT2D eigenvalue weighted by Crippen LogP contribution is 2.34. The normalized spacial score (nSPS) is 18.3. The topological polar surface area (TPSA) is 67.2 Å².